The van der Waals surface area contributed by atoms with Gasteiger partial charge in [-0.3, -0.25) is 19.3 Å². The first-order valence-electron chi connectivity index (χ1n) is 9.55. The van der Waals surface area contributed by atoms with Crippen molar-refractivity contribution < 1.29 is 33.8 Å². The zero-order chi connectivity index (χ0) is 22.5. The monoisotopic (exact) mass is 512 g/mol. The third-order valence-electron chi connectivity index (χ3n) is 4.77. The number of piperidine rings is 1. The van der Waals surface area contributed by atoms with E-state index in [1.807, 2.05) is 0 Å². The van der Waals surface area contributed by atoms with Gasteiger partial charge in [-0.25, -0.2) is 4.79 Å². The van der Waals surface area contributed by atoms with Crippen LogP contribution in [0.3, 0.4) is 0 Å². The van der Waals surface area contributed by atoms with Crippen molar-refractivity contribution in [2.24, 2.45) is 0 Å². The molecule has 0 atom stereocenters. The average Bonchev–Trinajstić information content (AvgIpc) is 3.00. The van der Waals surface area contributed by atoms with E-state index >= 15 is 0 Å². The number of nitrogens with zero attached hydrogens (tertiary/aromatic N) is 2. The summed E-state index contributed by atoms with van der Waals surface area (Å²) in [5.41, 5.74) is 0.541. The minimum absolute atomic E-state index is 0.185. The van der Waals surface area contributed by atoms with Crippen LogP contribution in [0.25, 0.3) is 6.08 Å². The maximum Gasteiger partial charge on any atom is 0.341 e. The Hall–Kier alpha value is -2.53. The molecule has 31 heavy (non-hydrogen) atoms. The third-order valence-corrected chi connectivity index (χ3v) is 6.26. The minimum Gasteiger partial charge on any atom is -0.493 e. The van der Waals surface area contributed by atoms with Crippen LogP contribution in [0.4, 0.5) is 4.79 Å². The summed E-state index contributed by atoms with van der Waals surface area (Å²) < 4.78 is 10.9. The van der Waals surface area contributed by atoms with E-state index in [1.165, 1.54) is 13.2 Å². The molecule has 0 radical (unpaired) electrons. The number of halogens is 1. The topological polar surface area (TPSA) is 113 Å². The van der Waals surface area contributed by atoms with Gasteiger partial charge in [-0.15, -0.1) is 0 Å². The first-order valence-corrected chi connectivity index (χ1v) is 11.2. The van der Waals surface area contributed by atoms with E-state index in [-0.39, 0.29) is 28.9 Å². The van der Waals surface area contributed by atoms with Gasteiger partial charge in [0.1, 0.15) is 6.54 Å². The van der Waals surface area contributed by atoms with Gasteiger partial charge >= 0.3 is 5.97 Å². The molecule has 3 amide bonds. The van der Waals surface area contributed by atoms with E-state index in [0.29, 0.717) is 23.1 Å². The van der Waals surface area contributed by atoms with E-state index in [4.69, 9.17) is 14.6 Å². The van der Waals surface area contributed by atoms with Crippen molar-refractivity contribution in [3.8, 4) is 11.5 Å². The summed E-state index contributed by atoms with van der Waals surface area (Å²) in [6.07, 6.45) is 4.45. The standard InChI is InChI=1S/C20H21BrN2O7S/c1-29-14-8-12(7-13(21)18(14)30-11-17(25)26)9-15-19(27)23(20(28)31-15)10-16(24)22-5-3-2-4-6-22/h7-9H,2-6,10-11H2,1H3,(H,25,26)/b15-9-. The van der Waals surface area contributed by atoms with Crippen LogP contribution in [-0.4, -0.2) is 71.3 Å². The van der Waals surface area contributed by atoms with Gasteiger partial charge in [0, 0.05) is 13.1 Å². The quantitative estimate of drug-likeness (QED) is 0.554. The summed E-state index contributed by atoms with van der Waals surface area (Å²) in [6.45, 7) is 0.485. The lowest BCUT2D eigenvalue weighted by atomic mass is 10.1. The van der Waals surface area contributed by atoms with E-state index in [1.54, 1.807) is 17.0 Å². The van der Waals surface area contributed by atoms with Crippen molar-refractivity contribution in [3.63, 3.8) is 0 Å². The lowest BCUT2D eigenvalue weighted by molar-refractivity contribution is -0.139. The largest absolute Gasteiger partial charge is 0.493 e. The summed E-state index contributed by atoms with van der Waals surface area (Å²) in [7, 11) is 1.40. The molecule has 0 aromatic heterocycles. The van der Waals surface area contributed by atoms with E-state index in [9.17, 15) is 19.2 Å². The van der Waals surface area contributed by atoms with Crippen molar-refractivity contribution in [2.45, 2.75) is 19.3 Å². The Morgan fingerprint density at radius 3 is 2.58 bits per heavy atom. The predicted octanol–water partition coefficient (Wildman–Crippen LogP) is 2.97. The molecule has 1 N–H and O–H groups in total. The van der Waals surface area contributed by atoms with E-state index in [0.717, 1.165) is 35.9 Å². The number of methoxy groups -OCH3 is 1. The highest BCUT2D eigenvalue weighted by Crippen LogP contribution is 2.39. The molecule has 2 heterocycles. The molecule has 0 saturated carbocycles. The number of hydrogen-bond acceptors (Lipinski definition) is 7. The number of amides is 3. The number of rotatable bonds is 7. The molecule has 2 aliphatic heterocycles. The highest BCUT2D eigenvalue weighted by molar-refractivity contribution is 9.10. The van der Waals surface area contributed by atoms with Crippen LogP contribution in [0.15, 0.2) is 21.5 Å². The maximum atomic E-state index is 12.7. The second-order valence-corrected chi connectivity index (χ2v) is 8.77. The molecule has 2 saturated heterocycles. The zero-order valence-corrected chi connectivity index (χ0v) is 19.2. The van der Waals surface area contributed by atoms with Crippen LogP contribution in [-0.2, 0) is 14.4 Å². The number of likely N-dealkylation sites (tertiary alicyclic amines) is 1. The Bertz CT molecular complexity index is 944. The fourth-order valence-electron chi connectivity index (χ4n) is 3.26. The van der Waals surface area contributed by atoms with Crippen molar-refractivity contribution in [3.05, 3.63) is 27.1 Å². The van der Waals surface area contributed by atoms with Crippen LogP contribution < -0.4 is 9.47 Å². The first kappa shape index (κ1) is 23.1. The molecule has 11 heteroatoms. The molecular formula is C20H21BrN2O7S. The molecule has 2 aliphatic rings. The van der Waals surface area contributed by atoms with Gasteiger partial charge in [-0.1, -0.05) is 0 Å². The van der Waals surface area contributed by atoms with Gasteiger partial charge in [0.2, 0.25) is 5.91 Å². The Balaban J connectivity index is 1.76. The number of carbonyl (C=O) groups is 4. The number of hydrogen-bond donors (Lipinski definition) is 1. The normalized spacial score (nSPS) is 17.9. The van der Waals surface area contributed by atoms with E-state index < -0.39 is 23.7 Å². The van der Waals surface area contributed by atoms with Crippen molar-refractivity contribution in [1.82, 2.24) is 9.80 Å². The summed E-state index contributed by atoms with van der Waals surface area (Å²) in [4.78, 5) is 51.1. The average molecular weight is 513 g/mol. The van der Waals surface area contributed by atoms with Gasteiger partial charge in [0.15, 0.2) is 18.1 Å². The number of carboxylic acids is 1. The highest BCUT2D eigenvalue weighted by atomic mass is 79.9. The van der Waals surface area contributed by atoms with E-state index in [2.05, 4.69) is 15.9 Å². The molecule has 166 valence electrons. The van der Waals surface area contributed by atoms with Crippen LogP contribution in [0.2, 0.25) is 0 Å². The SMILES string of the molecule is COc1cc(/C=C2\SC(=O)N(CC(=O)N3CCCCC3)C2=O)cc(Br)c1OCC(=O)O. The molecule has 1 aromatic rings. The third kappa shape index (κ3) is 5.59. The van der Waals surface area contributed by atoms with Crippen molar-refractivity contribution in [2.75, 3.05) is 33.4 Å². The van der Waals surface area contributed by atoms with Crippen LogP contribution in [0, 0.1) is 0 Å². The summed E-state index contributed by atoms with van der Waals surface area (Å²) in [6, 6.07) is 3.18. The molecule has 3 rings (SSSR count). The molecule has 2 fully saturated rings. The van der Waals surface area contributed by atoms with Crippen LogP contribution in [0.1, 0.15) is 24.8 Å². The second-order valence-electron chi connectivity index (χ2n) is 6.93. The summed E-state index contributed by atoms with van der Waals surface area (Å²) in [5.74, 6) is -1.41. The van der Waals surface area contributed by atoms with Gasteiger partial charge in [-0.05, 0) is 70.7 Å². The second kappa shape index (κ2) is 10.2. The maximum absolute atomic E-state index is 12.7. The van der Waals surface area contributed by atoms with Gasteiger partial charge in [0.25, 0.3) is 11.1 Å². The molecule has 0 aliphatic carbocycles. The molecule has 0 spiro atoms. The highest BCUT2D eigenvalue weighted by Gasteiger charge is 2.37. The Morgan fingerprint density at radius 2 is 1.94 bits per heavy atom. The lowest BCUT2D eigenvalue weighted by Crippen LogP contribution is -2.44. The summed E-state index contributed by atoms with van der Waals surface area (Å²) in [5, 5.41) is 8.31. The van der Waals surface area contributed by atoms with Gasteiger partial charge < -0.3 is 19.5 Å². The number of aliphatic carboxylic acids is 1. The van der Waals surface area contributed by atoms with Gasteiger partial charge in [0.05, 0.1) is 16.5 Å². The first-order chi connectivity index (χ1) is 14.8. The van der Waals surface area contributed by atoms with Crippen molar-refractivity contribution >= 4 is 56.8 Å². The molecule has 0 bridgehead atoms. The van der Waals surface area contributed by atoms with Crippen LogP contribution >= 0.6 is 27.7 Å². The predicted molar refractivity (Wildman–Crippen MR) is 117 cm³/mol. The Kier molecular flexibility index (Phi) is 7.60. The molecular weight excluding hydrogens is 492 g/mol. The summed E-state index contributed by atoms with van der Waals surface area (Å²) >= 11 is 4.07. The number of carboxylic acid groups (broad SMARTS) is 1. The van der Waals surface area contributed by atoms with Crippen LogP contribution in [0.5, 0.6) is 11.5 Å². The lowest BCUT2D eigenvalue weighted by Gasteiger charge is -2.27. The van der Waals surface area contributed by atoms with Crippen molar-refractivity contribution in [1.29, 1.82) is 0 Å². The molecule has 1 aromatic carbocycles. The Morgan fingerprint density at radius 1 is 1.23 bits per heavy atom. The smallest absolute Gasteiger partial charge is 0.341 e. The fraction of sp³-hybridized carbons (Fsp3) is 0.400. The number of thioether (sulfide) groups is 1. The number of carbonyl (C=O) groups excluding carboxylic acids is 3. The number of ether oxygens (including phenoxy) is 2. The zero-order valence-electron chi connectivity index (χ0n) is 16.8. The Labute approximate surface area is 191 Å². The fourth-order valence-corrected chi connectivity index (χ4v) is 4.68. The van der Waals surface area contributed by atoms with Gasteiger partial charge in [-0.2, -0.15) is 0 Å². The molecule has 9 nitrogen and oxygen atoms in total. The molecule has 0 unspecified atom stereocenters. The number of imide groups is 1. The number of benzene rings is 1. The minimum atomic E-state index is -1.13.